The highest BCUT2D eigenvalue weighted by molar-refractivity contribution is 5.34. The maximum absolute atomic E-state index is 12.5. The summed E-state index contributed by atoms with van der Waals surface area (Å²) < 4.78 is 39.0. The number of alkyl halides is 3. The van der Waals surface area contributed by atoms with Gasteiger partial charge in [0.15, 0.2) is 0 Å². The van der Waals surface area contributed by atoms with Crippen molar-refractivity contribution < 1.29 is 13.2 Å². The zero-order valence-electron chi connectivity index (χ0n) is 11.3. The molecule has 7 heteroatoms. The van der Waals surface area contributed by atoms with Gasteiger partial charge in [0.05, 0.1) is 23.1 Å². The van der Waals surface area contributed by atoms with E-state index in [4.69, 9.17) is 0 Å². The third-order valence-corrected chi connectivity index (χ3v) is 3.44. The van der Waals surface area contributed by atoms with E-state index in [0.29, 0.717) is 12.2 Å². The average Bonchev–Trinajstić information content (AvgIpc) is 3.14. The summed E-state index contributed by atoms with van der Waals surface area (Å²) in [6.07, 6.45) is -0.0300. The maximum Gasteiger partial charge on any atom is 0.416 e. The van der Waals surface area contributed by atoms with E-state index in [0.717, 1.165) is 30.3 Å². The molecule has 2 aromatic rings. The minimum Gasteiger partial charge on any atom is -0.311 e. The predicted molar refractivity (Wildman–Crippen MR) is 70.8 cm³/mol. The molecule has 0 unspecified atom stereocenters. The highest BCUT2D eigenvalue weighted by Gasteiger charge is 2.30. The van der Waals surface area contributed by atoms with Crippen LogP contribution in [0.2, 0.25) is 0 Å². The molecule has 0 atom stereocenters. The van der Waals surface area contributed by atoms with Crippen molar-refractivity contribution in [2.75, 3.05) is 6.54 Å². The maximum atomic E-state index is 12.5. The van der Waals surface area contributed by atoms with Crippen LogP contribution < -0.4 is 5.32 Å². The second-order valence-corrected chi connectivity index (χ2v) is 5.27. The molecule has 1 saturated carbocycles. The van der Waals surface area contributed by atoms with E-state index in [1.54, 1.807) is 6.20 Å². The molecule has 1 aromatic heterocycles. The summed E-state index contributed by atoms with van der Waals surface area (Å²) in [6, 6.07) is 4.86. The lowest BCUT2D eigenvalue weighted by atomic mass is 10.2. The quantitative estimate of drug-likeness (QED) is 0.922. The topological polar surface area (TPSA) is 42.7 Å². The van der Waals surface area contributed by atoms with Crippen molar-refractivity contribution in [3.63, 3.8) is 0 Å². The fourth-order valence-electron chi connectivity index (χ4n) is 2.04. The van der Waals surface area contributed by atoms with Gasteiger partial charge in [-0.3, -0.25) is 0 Å². The Hall–Kier alpha value is -1.89. The van der Waals surface area contributed by atoms with Gasteiger partial charge in [-0.1, -0.05) is 5.21 Å². The van der Waals surface area contributed by atoms with E-state index in [2.05, 4.69) is 15.6 Å². The van der Waals surface area contributed by atoms with E-state index >= 15 is 0 Å². The summed E-state index contributed by atoms with van der Waals surface area (Å²) in [5.74, 6) is 0.787. The van der Waals surface area contributed by atoms with Gasteiger partial charge in [-0.2, -0.15) is 13.2 Å². The Kier molecular flexibility index (Phi) is 3.67. The number of halogens is 3. The molecule has 0 spiro atoms. The van der Waals surface area contributed by atoms with Crippen molar-refractivity contribution in [3.8, 4) is 5.69 Å². The van der Waals surface area contributed by atoms with Gasteiger partial charge >= 0.3 is 6.18 Å². The molecule has 112 valence electrons. The molecular formula is C14H15F3N4. The van der Waals surface area contributed by atoms with Crippen LogP contribution in [0.25, 0.3) is 5.69 Å². The van der Waals surface area contributed by atoms with Crippen molar-refractivity contribution in [2.24, 2.45) is 5.92 Å². The summed E-state index contributed by atoms with van der Waals surface area (Å²) in [4.78, 5) is 0. The SMILES string of the molecule is FC(F)(F)c1ccc(-n2cc(CNCC3CC3)nn2)cc1. The lowest BCUT2D eigenvalue weighted by molar-refractivity contribution is -0.137. The van der Waals surface area contributed by atoms with Crippen molar-refractivity contribution >= 4 is 0 Å². The van der Waals surface area contributed by atoms with Crippen LogP contribution in [0.15, 0.2) is 30.5 Å². The summed E-state index contributed by atoms with van der Waals surface area (Å²) in [6.45, 7) is 1.60. The molecule has 1 aliphatic carbocycles. The van der Waals surface area contributed by atoms with Gasteiger partial charge < -0.3 is 5.32 Å². The van der Waals surface area contributed by atoms with E-state index in [1.165, 1.54) is 29.7 Å². The molecule has 1 N–H and O–H groups in total. The minimum absolute atomic E-state index is 0.559. The van der Waals surface area contributed by atoms with Gasteiger partial charge in [-0.25, -0.2) is 4.68 Å². The molecule has 1 aromatic carbocycles. The molecule has 21 heavy (non-hydrogen) atoms. The first-order valence-electron chi connectivity index (χ1n) is 6.82. The van der Waals surface area contributed by atoms with Crippen molar-refractivity contribution in [1.82, 2.24) is 20.3 Å². The van der Waals surface area contributed by atoms with Crippen LogP contribution >= 0.6 is 0 Å². The van der Waals surface area contributed by atoms with Gasteiger partial charge in [0.2, 0.25) is 0 Å². The molecule has 1 fully saturated rings. The Morgan fingerprint density at radius 1 is 1.19 bits per heavy atom. The van der Waals surface area contributed by atoms with Crippen LogP contribution in [0.4, 0.5) is 13.2 Å². The van der Waals surface area contributed by atoms with Crippen molar-refractivity contribution in [3.05, 3.63) is 41.7 Å². The standard InChI is InChI=1S/C14H15F3N4/c15-14(16,17)11-3-5-13(6-4-11)21-9-12(19-20-21)8-18-7-10-1-2-10/h3-6,9-10,18H,1-2,7-8H2. The van der Waals surface area contributed by atoms with E-state index in [9.17, 15) is 13.2 Å². The van der Waals surface area contributed by atoms with Crippen molar-refractivity contribution in [1.29, 1.82) is 0 Å². The van der Waals surface area contributed by atoms with E-state index in [-0.39, 0.29) is 0 Å². The summed E-state index contributed by atoms with van der Waals surface area (Å²) in [7, 11) is 0. The first-order chi connectivity index (χ1) is 10.0. The Labute approximate surface area is 120 Å². The number of hydrogen-bond acceptors (Lipinski definition) is 3. The van der Waals surface area contributed by atoms with Crippen LogP contribution in [0.1, 0.15) is 24.1 Å². The third-order valence-electron chi connectivity index (χ3n) is 3.44. The molecule has 0 aliphatic heterocycles. The Balaban J connectivity index is 1.64. The molecule has 0 saturated heterocycles. The zero-order chi connectivity index (χ0) is 14.9. The first-order valence-corrected chi connectivity index (χ1v) is 6.82. The number of benzene rings is 1. The zero-order valence-corrected chi connectivity index (χ0v) is 11.3. The average molecular weight is 296 g/mol. The molecular weight excluding hydrogens is 281 g/mol. The van der Waals surface area contributed by atoms with E-state index < -0.39 is 11.7 Å². The summed E-state index contributed by atoms with van der Waals surface area (Å²) in [5.41, 5.74) is 0.664. The molecule has 0 amide bonds. The van der Waals surface area contributed by atoms with Crippen LogP contribution in [-0.4, -0.2) is 21.5 Å². The second kappa shape index (κ2) is 5.48. The molecule has 1 heterocycles. The van der Waals surface area contributed by atoms with Crippen LogP contribution in [0.5, 0.6) is 0 Å². The first kappa shape index (κ1) is 14.1. The van der Waals surface area contributed by atoms with Gasteiger partial charge in [0.25, 0.3) is 0 Å². The van der Waals surface area contributed by atoms with Gasteiger partial charge in [0, 0.05) is 6.54 Å². The minimum atomic E-state index is -4.32. The second-order valence-electron chi connectivity index (χ2n) is 5.27. The molecule has 0 bridgehead atoms. The lowest BCUT2D eigenvalue weighted by Gasteiger charge is -2.07. The molecule has 3 rings (SSSR count). The fourth-order valence-corrected chi connectivity index (χ4v) is 2.04. The highest BCUT2D eigenvalue weighted by atomic mass is 19.4. The summed E-state index contributed by atoms with van der Waals surface area (Å²) >= 11 is 0. The molecule has 1 aliphatic rings. The van der Waals surface area contributed by atoms with Crippen molar-refractivity contribution in [2.45, 2.75) is 25.6 Å². The summed E-state index contributed by atoms with van der Waals surface area (Å²) in [5, 5.41) is 11.2. The van der Waals surface area contributed by atoms with E-state index in [1.807, 2.05) is 0 Å². The smallest absolute Gasteiger partial charge is 0.311 e. The van der Waals surface area contributed by atoms with Crippen LogP contribution in [0.3, 0.4) is 0 Å². The monoisotopic (exact) mass is 296 g/mol. The molecule has 0 radical (unpaired) electrons. The Bertz CT molecular complexity index is 599. The lowest BCUT2D eigenvalue weighted by Crippen LogP contribution is -2.16. The number of nitrogens with one attached hydrogen (secondary N) is 1. The number of nitrogens with zero attached hydrogens (tertiary/aromatic N) is 3. The largest absolute Gasteiger partial charge is 0.416 e. The van der Waals surface area contributed by atoms with Gasteiger partial charge in [-0.15, -0.1) is 5.10 Å². The van der Waals surface area contributed by atoms with Crippen LogP contribution in [-0.2, 0) is 12.7 Å². The predicted octanol–water partition coefficient (Wildman–Crippen LogP) is 2.79. The Morgan fingerprint density at radius 3 is 2.52 bits per heavy atom. The third kappa shape index (κ3) is 3.60. The number of hydrogen-bond donors (Lipinski definition) is 1. The Morgan fingerprint density at radius 2 is 1.90 bits per heavy atom. The number of aromatic nitrogens is 3. The normalized spacial score (nSPS) is 15.4. The number of rotatable bonds is 5. The van der Waals surface area contributed by atoms with Gasteiger partial charge in [-0.05, 0) is 49.6 Å². The molecule has 4 nitrogen and oxygen atoms in total. The van der Waals surface area contributed by atoms with Gasteiger partial charge in [0.1, 0.15) is 0 Å². The van der Waals surface area contributed by atoms with Crippen LogP contribution in [0, 0.1) is 5.92 Å². The fraction of sp³-hybridized carbons (Fsp3) is 0.429. The highest BCUT2D eigenvalue weighted by Crippen LogP contribution is 2.29.